The van der Waals surface area contributed by atoms with E-state index in [1.165, 1.54) is 55.7 Å². The number of hydrogen-bond acceptors (Lipinski definition) is 0. The molecule has 0 aliphatic rings. The van der Waals surface area contributed by atoms with E-state index >= 15 is 0 Å². The molecule has 0 aromatic heterocycles. The second kappa shape index (κ2) is 10.4. The van der Waals surface area contributed by atoms with Crippen molar-refractivity contribution in [2.45, 2.75) is 65.5 Å². The molecule has 0 bridgehead atoms. The molecule has 0 fully saturated rings. The van der Waals surface area contributed by atoms with Gasteiger partial charge in [0.2, 0.25) is 0 Å². The fourth-order valence-corrected chi connectivity index (χ4v) is 3.17. The van der Waals surface area contributed by atoms with Crippen molar-refractivity contribution >= 4 is 27.0 Å². The van der Waals surface area contributed by atoms with Crippen LogP contribution < -0.4 is 0 Å². The van der Waals surface area contributed by atoms with Crippen molar-refractivity contribution in [1.82, 2.24) is 0 Å². The molecule has 0 atom stereocenters. The first kappa shape index (κ1) is 25.0. The Labute approximate surface area is 198 Å². The van der Waals surface area contributed by atoms with Gasteiger partial charge in [0, 0.05) is 0 Å². The van der Waals surface area contributed by atoms with Gasteiger partial charge in [-0.1, -0.05) is 53.7 Å². The first-order valence-corrected chi connectivity index (χ1v) is 18.6. The zero-order chi connectivity index (χ0) is 22.5. The van der Waals surface area contributed by atoms with E-state index in [-0.39, 0.29) is 16.3 Å². The fraction of sp³-hybridized carbons (Fsp3) is 0.357. The molecule has 0 heterocycles. The summed E-state index contributed by atoms with van der Waals surface area (Å²) in [6.07, 6.45) is 0. The van der Waals surface area contributed by atoms with E-state index in [9.17, 15) is 0 Å². The predicted molar refractivity (Wildman–Crippen MR) is 134 cm³/mol. The van der Waals surface area contributed by atoms with Gasteiger partial charge in [-0.2, -0.15) is 12.1 Å². The van der Waals surface area contributed by atoms with E-state index in [1.54, 1.807) is 0 Å². The van der Waals surface area contributed by atoms with Crippen molar-refractivity contribution in [2.75, 3.05) is 0 Å². The first-order valence-electron chi connectivity index (χ1n) is 10.7. The molecule has 0 aliphatic heterocycles. The summed E-state index contributed by atoms with van der Waals surface area (Å²) >= 11 is 1.45. The van der Waals surface area contributed by atoms with Crippen molar-refractivity contribution in [1.29, 1.82) is 0 Å². The second-order valence-electron chi connectivity index (χ2n) is 10.2. The third-order valence-electron chi connectivity index (χ3n) is 4.97. The van der Waals surface area contributed by atoms with Gasteiger partial charge in [0.1, 0.15) is 0 Å². The molecule has 4 rings (SSSR count). The van der Waals surface area contributed by atoms with Crippen molar-refractivity contribution in [3.63, 3.8) is 0 Å². The molecule has 0 saturated carbocycles. The molecule has 0 unspecified atom stereocenters. The molecular formula is C28H36HfSi. The number of rotatable bonds is 0. The van der Waals surface area contributed by atoms with E-state index in [0.29, 0.717) is 0 Å². The minimum absolute atomic E-state index is 0.259. The molecule has 0 aliphatic carbocycles. The Hall–Kier alpha value is -1.25. The zero-order valence-electron chi connectivity index (χ0n) is 19.9. The van der Waals surface area contributed by atoms with Crippen LogP contribution in [-0.4, -0.2) is 5.49 Å². The van der Waals surface area contributed by atoms with Crippen molar-refractivity contribution in [2.24, 2.45) is 0 Å². The van der Waals surface area contributed by atoms with Crippen molar-refractivity contribution < 1.29 is 23.0 Å². The maximum absolute atomic E-state index is 2.33. The fourth-order valence-electron chi connectivity index (χ4n) is 3.17. The SMILES string of the molecule is CC(C)(C)c1cc2ccccc2[cH-]1.CC(C)(C)c1cc2ccccc2[cH-]1.C[Si](C)=[Hf+2]. The van der Waals surface area contributed by atoms with Crippen molar-refractivity contribution in [3.05, 3.63) is 83.9 Å². The molecule has 2 heteroatoms. The van der Waals surface area contributed by atoms with Gasteiger partial charge in [0.05, 0.1) is 0 Å². The molecule has 0 spiro atoms. The quantitative estimate of drug-likeness (QED) is 0.145. The topological polar surface area (TPSA) is 0 Å². The summed E-state index contributed by atoms with van der Waals surface area (Å²) in [5, 5.41) is 5.42. The molecule has 0 saturated heterocycles. The van der Waals surface area contributed by atoms with Crippen LogP contribution in [0.5, 0.6) is 0 Å². The van der Waals surface area contributed by atoms with E-state index < -0.39 is 0 Å². The van der Waals surface area contributed by atoms with Crippen LogP contribution in [0.4, 0.5) is 0 Å². The number of benzene rings is 2. The van der Waals surface area contributed by atoms with Crippen molar-refractivity contribution in [3.8, 4) is 0 Å². The third kappa shape index (κ3) is 7.46. The summed E-state index contributed by atoms with van der Waals surface area (Å²) in [4.78, 5) is 0. The molecule has 156 valence electrons. The Kier molecular flexibility index (Phi) is 8.65. The van der Waals surface area contributed by atoms with Gasteiger partial charge in [-0.05, 0) is 10.8 Å². The standard InChI is InChI=1S/2C13H15.C2H6Si.Hf/c2*1-13(2,3)12-8-10-6-4-5-7-11(10)9-12;1-3-2;/h2*4-9H,1-3H3;1-2H3;/q2*-1;;+2. The maximum atomic E-state index is 2.33. The summed E-state index contributed by atoms with van der Waals surface area (Å²) in [5.74, 6) is 0. The average Bonchev–Trinajstić information content (AvgIpc) is 3.25. The van der Waals surface area contributed by atoms with E-state index in [4.69, 9.17) is 0 Å². The molecule has 4 aromatic carbocycles. The molecule has 4 aromatic rings. The Balaban J connectivity index is 0.000000182. The monoisotopic (exact) mass is 580 g/mol. The van der Waals surface area contributed by atoms with Crippen LogP contribution in [0.15, 0.2) is 72.8 Å². The van der Waals surface area contributed by atoms with Gasteiger partial charge in [-0.15, -0.1) is 81.2 Å². The van der Waals surface area contributed by atoms with E-state index in [1.807, 2.05) is 0 Å². The predicted octanol–water partition coefficient (Wildman–Crippen LogP) is 8.50. The second-order valence-corrected chi connectivity index (χ2v) is 23.0. The summed E-state index contributed by atoms with van der Waals surface area (Å²) in [6, 6.07) is 26.2. The van der Waals surface area contributed by atoms with Crippen LogP contribution in [0, 0.1) is 0 Å². The van der Waals surface area contributed by atoms with Gasteiger partial charge in [-0.25, -0.2) is 0 Å². The van der Waals surface area contributed by atoms with Crippen LogP contribution in [-0.2, 0) is 33.8 Å². The Morgan fingerprint density at radius 2 is 0.933 bits per heavy atom. The number of fused-ring (bicyclic) bond motifs is 2. The van der Waals surface area contributed by atoms with Gasteiger partial charge >= 0.3 is 41.6 Å². The van der Waals surface area contributed by atoms with Gasteiger partial charge in [0.15, 0.2) is 0 Å². The van der Waals surface area contributed by atoms with Crippen LogP contribution in [0.3, 0.4) is 0 Å². The molecule has 30 heavy (non-hydrogen) atoms. The number of hydrogen-bond donors (Lipinski definition) is 0. The van der Waals surface area contributed by atoms with Crippen LogP contribution >= 0.6 is 0 Å². The normalized spacial score (nSPS) is 11.5. The third-order valence-corrected chi connectivity index (χ3v) is 4.97. The Bertz CT molecular complexity index is 943. The molecule has 0 radical (unpaired) electrons. The summed E-state index contributed by atoms with van der Waals surface area (Å²) in [6.45, 7) is 18.2. The summed E-state index contributed by atoms with van der Waals surface area (Å²) in [5.41, 5.74) is 3.63. The van der Waals surface area contributed by atoms with Gasteiger partial charge in [-0.3, -0.25) is 0 Å². The van der Waals surface area contributed by atoms with Crippen LogP contribution in [0.25, 0.3) is 21.5 Å². The zero-order valence-corrected chi connectivity index (χ0v) is 24.5. The van der Waals surface area contributed by atoms with Gasteiger partial charge < -0.3 is 0 Å². The minimum atomic E-state index is 0.259. The van der Waals surface area contributed by atoms with Crippen LogP contribution in [0.1, 0.15) is 52.7 Å². The molecule has 0 N–H and O–H groups in total. The molecule has 0 amide bonds. The Morgan fingerprint density at radius 3 is 1.20 bits per heavy atom. The summed E-state index contributed by atoms with van der Waals surface area (Å²) in [7, 11) is 0. The summed E-state index contributed by atoms with van der Waals surface area (Å²) < 4.78 is 0. The molecular weight excluding hydrogens is 543 g/mol. The molecule has 0 nitrogen and oxygen atoms in total. The average molecular weight is 579 g/mol. The van der Waals surface area contributed by atoms with E-state index in [0.717, 1.165) is 0 Å². The first-order chi connectivity index (χ1) is 13.9. The van der Waals surface area contributed by atoms with Gasteiger partial charge in [0.25, 0.3) is 0 Å². The van der Waals surface area contributed by atoms with E-state index in [2.05, 4.69) is 127 Å². The Morgan fingerprint density at radius 1 is 0.633 bits per heavy atom. The van der Waals surface area contributed by atoms with Crippen LogP contribution in [0.2, 0.25) is 13.1 Å².